The molecule has 0 aliphatic heterocycles. The van der Waals surface area contributed by atoms with Gasteiger partial charge in [0.2, 0.25) is 0 Å². The van der Waals surface area contributed by atoms with E-state index in [1.165, 1.54) is 0 Å². The summed E-state index contributed by atoms with van der Waals surface area (Å²) in [5.74, 6) is 1.62. The molecule has 0 radical (unpaired) electrons. The van der Waals surface area contributed by atoms with Crippen LogP contribution in [-0.2, 0) is 4.74 Å². The molecule has 0 aromatic heterocycles. The highest BCUT2D eigenvalue weighted by Crippen LogP contribution is 2.33. The van der Waals surface area contributed by atoms with Crippen molar-refractivity contribution in [3.8, 4) is 11.5 Å². The van der Waals surface area contributed by atoms with Crippen molar-refractivity contribution in [2.45, 2.75) is 38.8 Å². The minimum Gasteiger partial charge on any atom is -0.497 e. The van der Waals surface area contributed by atoms with Crippen molar-refractivity contribution in [1.82, 2.24) is 5.32 Å². The third kappa shape index (κ3) is 4.12. The van der Waals surface area contributed by atoms with Crippen molar-refractivity contribution in [3.05, 3.63) is 23.8 Å². The van der Waals surface area contributed by atoms with Gasteiger partial charge in [-0.25, -0.2) is 0 Å². The van der Waals surface area contributed by atoms with Crippen molar-refractivity contribution in [1.29, 1.82) is 0 Å². The second kappa shape index (κ2) is 8.82. The second-order valence-electron chi connectivity index (χ2n) is 4.71. The second-order valence-corrected chi connectivity index (χ2v) is 4.71. The number of ether oxygens (including phenoxy) is 3. The molecule has 0 aliphatic rings. The minimum absolute atomic E-state index is 0.116. The van der Waals surface area contributed by atoms with Gasteiger partial charge in [0.1, 0.15) is 11.5 Å². The lowest BCUT2D eigenvalue weighted by Gasteiger charge is -2.28. The van der Waals surface area contributed by atoms with E-state index in [1.54, 1.807) is 21.3 Å². The molecule has 0 spiro atoms. The molecule has 0 heterocycles. The first-order chi connectivity index (χ1) is 9.71. The number of hydrogen-bond donors (Lipinski definition) is 1. The normalized spacial score (nSPS) is 13.8. The fourth-order valence-electron chi connectivity index (χ4n) is 2.44. The molecule has 1 aromatic carbocycles. The molecule has 0 saturated heterocycles. The van der Waals surface area contributed by atoms with Crippen LogP contribution in [0.25, 0.3) is 0 Å². The number of nitrogens with one attached hydrogen (secondary N) is 1. The molecule has 1 rings (SSSR count). The number of methoxy groups -OCH3 is 3. The Kier molecular flexibility index (Phi) is 7.41. The first-order valence-corrected chi connectivity index (χ1v) is 7.19. The molecule has 0 amide bonds. The molecule has 0 bridgehead atoms. The van der Waals surface area contributed by atoms with Crippen LogP contribution in [0.15, 0.2) is 18.2 Å². The standard InChI is InChI=1S/C16H27NO3/c1-6-8-14(19-4)16(17-7-2)13-10-9-12(18-3)11-15(13)20-5/h9-11,14,16-17H,6-8H2,1-5H3. The van der Waals surface area contributed by atoms with Gasteiger partial charge in [-0.1, -0.05) is 20.3 Å². The van der Waals surface area contributed by atoms with Gasteiger partial charge in [0.15, 0.2) is 0 Å². The first kappa shape index (κ1) is 16.8. The van der Waals surface area contributed by atoms with Crippen molar-refractivity contribution >= 4 is 0 Å². The van der Waals surface area contributed by atoms with Gasteiger partial charge in [-0.3, -0.25) is 0 Å². The number of hydrogen-bond acceptors (Lipinski definition) is 4. The Bertz CT molecular complexity index is 395. The zero-order valence-corrected chi connectivity index (χ0v) is 13.2. The molecule has 114 valence electrons. The third-order valence-electron chi connectivity index (χ3n) is 3.45. The van der Waals surface area contributed by atoms with Crippen LogP contribution in [0.1, 0.15) is 38.3 Å². The Morgan fingerprint density at radius 1 is 1.10 bits per heavy atom. The van der Waals surface area contributed by atoms with Crippen LogP contribution < -0.4 is 14.8 Å². The molecule has 1 N–H and O–H groups in total. The molecule has 4 nitrogen and oxygen atoms in total. The molecular formula is C16H27NO3. The van der Waals surface area contributed by atoms with Crippen LogP contribution in [0.5, 0.6) is 11.5 Å². The summed E-state index contributed by atoms with van der Waals surface area (Å²) in [5.41, 5.74) is 1.11. The van der Waals surface area contributed by atoms with Gasteiger partial charge in [0.25, 0.3) is 0 Å². The molecule has 20 heavy (non-hydrogen) atoms. The van der Waals surface area contributed by atoms with E-state index in [2.05, 4.69) is 19.2 Å². The van der Waals surface area contributed by atoms with Crippen molar-refractivity contribution in [3.63, 3.8) is 0 Å². The summed E-state index contributed by atoms with van der Waals surface area (Å²) in [6.07, 6.45) is 2.21. The number of rotatable bonds is 9. The van der Waals surface area contributed by atoms with E-state index >= 15 is 0 Å². The molecule has 0 fully saturated rings. The summed E-state index contributed by atoms with van der Waals surface area (Å²) in [4.78, 5) is 0. The molecule has 1 aromatic rings. The predicted octanol–water partition coefficient (Wildman–Crippen LogP) is 3.17. The van der Waals surface area contributed by atoms with Crippen molar-refractivity contribution in [2.75, 3.05) is 27.9 Å². The Morgan fingerprint density at radius 3 is 2.35 bits per heavy atom. The van der Waals surface area contributed by atoms with Crippen LogP contribution in [0, 0.1) is 0 Å². The van der Waals surface area contributed by atoms with Crippen LogP contribution in [0.4, 0.5) is 0 Å². The molecule has 0 aliphatic carbocycles. The smallest absolute Gasteiger partial charge is 0.127 e. The van der Waals surface area contributed by atoms with E-state index in [9.17, 15) is 0 Å². The fourth-order valence-corrected chi connectivity index (χ4v) is 2.44. The van der Waals surface area contributed by atoms with Crippen molar-refractivity contribution < 1.29 is 14.2 Å². The Hall–Kier alpha value is -1.26. The topological polar surface area (TPSA) is 39.7 Å². The molecule has 2 unspecified atom stereocenters. The lowest BCUT2D eigenvalue weighted by molar-refractivity contribution is 0.0603. The summed E-state index contributed by atoms with van der Waals surface area (Å²) >= 11 is 0. The van der Waals surface area contributed by atoms with Crippen molar-refractivity contribution in [2.24, 2.45) is 0 Å². The quantitative estimate of drug-likeness (QED) is 0.754. The SMILES string of the molecule is CCCC(OC)C(NCC)c1ccc(OC)cc1OC. The maximum Gasteiger partial charge on any atom is 0.127 e. The Labute approximate surface area is 122 Å². The number of likely N-dealkylation sites (N-methyl/N-ethyl adjacent to an activating group) is 1. The Balaban J connectivity index is 3.12. The lowest BCUT2D eigenvalue weighted by atomic mass is 9.97. The van der Waals surface area contributed by atoms with Gasteiger partial charge in [0.05, 0.1) is 26.4 Å². The van der Waals surface area contributed by atoms with E-state index in [1.807, 2.05) is 18.2 Å². The highest BCUT2D eigenvalue weighted by Gasteiger charge is 2.24. The monoisotopic (exact) mass is 281 g/mol. The van der Waals surface area contributed by atoms with E-state index in [0.717, 1.165) is 36.4 Å². The maximum atomic E-state index is 5.67. The lowest BCUT2D eigenvalue weighted by Crippen LogP contribution is -2.33. The zero-order valence-electron chi connectivity index (χ0n) is 13.2. The van der Waals surface area contributed by atoms with Gasteiger partial charge >= 0.3 is 0 Å². The first-order valence-electron chi connectivity index (χ1n) is 7.19. The highest BCUT2D eigenvalue weighted by atomic mass is 16.5. The maximum absolute atomic E-state index is 5.67. The number of benzene rings is 1. The van der Waals surface area contributed by atoms with E-state index in [-0.39, 0.29) is 12.1 Å². The fraction of sp³-hybridized carbons (Fsp3) is 0.625. The van der Waals surface area contributed by atoms with Crippen LogP contribution in [0.3, 0.4) is 0 Å². The van der Waals surface area contributed by atoms with Crippen LogP contribution >= 0.6 is 0 Å². The minimum atomic E-state index is 0.116. The molecule has 4 heteroatoms. The summed E-state index contributed by atoms with van der Waals surface area (Å²) < 4.78 is 16.4. The summed E-state index contributed by atoms with van der Waals surface area (Å²) in [6.45, 7) is 5.14. The molecular weight excluding hydrogens is 254 g/mol. The largest absolute Gasteiger partial charge is 0.497 e. The zero-order chi connectivity index (χ0) is 15.0. The van der Waals surface area contributed by atoms with Gasteiger partial charge in [-0.05, 0) is 25.1 Å². The summed E-state index contributed by atoms with van der Waals surface area (Å²) in [5, 5.41) is 3.50. The predicted molar refractivity (Wildman–Crippen MR) is 81.7 cm³/mol. The average Bonchev–Trinajstić information content (AvgIpc) is 2.50. The van der Waals surface area contributed by atoms with E-state index < -0.39 is 0 Å². The summed E-state index contributed by atoms with van der Waals surface area (Å²) in [7, 11) is 5.11. The average molecular weight is 281 g/mol. The Morgan fingerprint density at radius 2 is 1.85 bits per heavy atom. The van der Waals surface area contributed by atoms with Crippen LogP contribution in [0.2, 0.25) is 0 Å². The van der Waals surface area contributed by atoms with Gasteiger partial charge < -0.3 is 19.5 Å². The van der Waals surface area contributed by atoms with E-state index in [0.29, 0.717) is 0 Å². The third-order valence-corrected chi connectivity index (χ3v) is 3.45. The van der Waals surface area contributed by atoms with Gasteiger partial charge in [-0.15, -0.1) is 0 Å². The van der Waals surface area contributed by atoms with Gasteiger partial charge in [0, 0.05) is 18.7 Å². The van der Waals surface area contributed by atoms with Gasteiger partial charge in [-0.2, -0.15) is 0 Å². The highest BCUT2D eigenvalue weighted by molar-refractivity contribution is 5.43. The van der Waals surface area contributed by atoms with Crippen LogP contribution in [-0.4, -0.2) is 34.0 Å². The molecule has 0 saturated carbocycles. The van der Waals surface area contributed by atoms with E-state index in [4.69, 9.17) is 14.2 Å². The molecule has 2 atom stereocenters. The summed E-state index contributed by atoms with van der Waals surface area (Å²) in [6, 6.07) is 6.04.